The lowest BCUT2D eigenvalue weighted by Crippen LogP contribution is -2.29. The van der Waals surface area contributed by atoms with Crippen LogP contribution in [0.2, 0.25) is 0 Å². The Morgan fingerprint density at radius 2 is 1.73 bits per heavy atom. The molecule has 0 aromatic rings. The Morgan fingerprint density at radius 3 is 1.82 bits per heavy atom. The fourth-order valence-electron chi connectivity index (χ4n) is 0.212. The highest BCUT2D eigenvalue weighted by Gasteiger charge is 2.49. The van der Waals surface area contributed by atoms with Gasteiger partial charge in [0.15, 0.2) is 0 Å². The van der Waals surface area contributed by atoms with Gasteiger partial charge in [0.1, 0.15) is 0 Å². The smallest absolute Gasteiger partial charge is 0.263 e. The van der Waals surface area contributed by atoms with E-state index >= 15 is 0 Å². The Kier molecular flexibility index (Phi) is 2.44. The predicted molar refractivity (Wildman–Crippen MR) is 26.8 cm³/mol. The van der Waals surface area contributed by atoms with Gasteiger partial charge in [-0.15, -0.1) is 0 Å². The number of nitrogens with zero attached hydrogens (tertiary/aromatic N) is 1. The largest absolute Gasteiger partial charge is 0.503 e. The maximum absolute atomic E-state index is 11.3. The minimum Gasteiger partial charge on any atom is -0.263 e. The van der Waals surface area contributed by atoms with Gasteiger partial charge in [-0.25, -0.2) is 8.42 Å². The third-order valence-corrected chi connectivity index (χ3v) is 1.88. The molecule has 9 heteroatoms. The van der Waals surface area contributed by atoms with Gasteiger partial charge >= 0.3 is 21.2 Å². The highest BCUT2D eigenvalue weighted by Crippen LogP contribution is 2.23. The van der Waals surface area contributed by atoms with Crippen LogP contribution in [0.5, 0.6) is 0 Å². The van der Waals surface area contributed by atoms with E-state index < -0.39 is 26.1 Å². The molecule has 0 radical (unpaired) electrons. The molecular weight excluding hydrogens is 191 g/mol. The lowest BCUT2D eigenvalue weighted by atomic mass is 11.5. The minimum atomic E-state index is -5.60. The van der Waals surface area contributed by atoms with Crippen molar-refractivity contribution in [2.24, 2.45) is 0 Å². The molecule has 0 aromatic heterocycles. The number of alkyl halides is 3. The molecule has 0 unspecified atom stereocenters. The number of rotatable bonds is 2. The second-order valence-corrected chi connectivity index (χ2v) is 3.47. The van der Waals surface area contributed by atoms with Crippen molar-refractivity contribution in [3.8, 4) is 0 Å². The maximum atomic E-state index is 11.3. The van der Waals surface area contributed by atoms with Crippen LogP contribution >= 0.6 is 0 Å². The molecular formula is C2H2F3NO4S. The molecule has 0 spiro atoms. The average Bonchev–Trinajstić information content (AvgIpc) is 1.56. The van der Waals surface area contributed by atoms with E-state index in [-0.39, 0.29) is 0 Å². The summed E-state index contributed by atoms with van der Waals surface area (Å²) in [5.74, 6) is -2.11. The zero-order valence-corrected chi connectivity index (χ0v) is 5.65. The summed E-state index contributed by atoms with van der Waals surface area (Å²) in [4.78, 5) is 7.84. The molecule has 0 aliphatic carbocycles. The first kappa shape index (κ1) is 10.1. The predicted octanol–water partition coefficient (Wildman–Crippen LogP) is 0.155. The Labute approximate surface area is 58.9 Å². The number of nitro groups is 1. The SMILES string of the molecule is O=[N+]([O-])CS(=O)(=O)C(F)(F)F. The fourth-order valence-corrected chi connectivity index (χ4v) is 0.636. The summed E-state index contributed by atoms with van der Waals surface area (Å²) in [6.45, 7) is 0. The van der Waals surface area contributed by atoms with Crippen molar-refractivity contribution < 1.29 is 26.5 Å². The van der Waals surface area contributed by atoms with Crippen LogP contribution in [-0.4, -0.2) is 24.7 Å². The molecule has 0 heterocycles. The van der Waals surface area contributed by atoms with Gasteiger partial charge in [0.2, 0.25) is 0 Å². The second kappa shape index (κ2) is 2.64. The van der Waals surface area contributed by atoms with Crippen LogP contribution in [0.3, 0.4) is 0 Å². The van der Waals surface area contributed by atoms with E-state index in [0.29, 0.717) is 0 Å². The van der Waals surface area contributed by atoms with E-state index in [2.05, 4.69) is 0 Å². The van der Waals surface area contributed by atoms with Gasteiger partial charge in [0, 0.05) is 4.92 Å². The Morgan fingerprint density at radius 1 is 1.36 bits per heavy atom. The number of hydrogen-bond acceptors (Lipinski definition) is 4. The molecule has 5 nitrogen and oxygen atoms in total. The number of hydrogen-bond donors (Lipinski definition) is 0. The lowest BCUT2D eigenvalue weighted by molar-refractivity contribution is -0.459. The minimum absolute atomic E-state index is 1.55. The molecule has 66 valence electrons. The van der Waals surface area contributed by atoms with Gasteiger partial charge in [-0.05, 0) is 0 Å². The molecule has 0 saturated heterocycles. The zero-order valence-electron chi connectivity index (χ0n) is 4.83. The molecule has 0 aliphatic rings. The molecule has 0 aliphatic heterocycles. The molecule has 11 heavy (non-hydrogen) atoms. The van der Waals surface area contributed by atoms with Crippen LogP contribution < -0.4 is 0 Å². The van der Waals surface area contributed by atoms with E-state index in [9.17, 15) is 31.7 Å². The standard InChI is InChI=1S/C2H2F3NO4S/c3-2(4,5)11(9,10)1-6(7)8/h1H2. The van der Waals surface area contributed by atoms with Crippen molar-refractivity contribution in [2.75, 3.05) is 5.88 Å². The first-order chi connectivity index (χ1) is 4.67. The van der Waals surface area contributed by atoms with E-state index in [1.54, 1.807) is 0 Å². The first-order valence-corrected chi connectivity index (χ1v) is 3.73. The van der Waals surface area contributed by atoms with Crippen molar-refractivity contribution in [1.82, 2.24) is 0 Å². The van der Waals surface area contributed by atoms with E-state index in [1.807, 2.05) is 0 Å². The Balaban J connectivity index is 4.64. The third-order valence-electron chi connectivity index (χ3n) is 0.628. The quantitative estimate of drug-likeness (QED) is 0.462. The number of halogens is 3. The van der Waals surface area contributed by atoms with Gasteiger partial charge in [0.25, 0.3) is 0 Å². The molecule has 0 amide bonds. The zero-order chi connectivity index (χ0) is 9.28. The molecule has 0 aromatic carbocycles. The molecule has 0 fully saturated rings. The molecule has 0 N–H and O–H groups in total. The molecule has 0 bridgehead atoms. The van der Waals surface area contributed by atoms with Crippen molar-refractivity contribution >= 4 is 9.84 Å². The Hall–Kier alpha value is -0.860. The molecule has 0 atom stereocenters. The van der Waals surface area contributed by atoms with Crippen LogP contribution in [0.1, 0.15) is 0 Å². The van der Waals surface area contributed by atoms with E-state index in [0.717, 1.165) is 0 Å². The van der Waals surface area contributed by atoms with Crippen LogP contribution in [-0.2, 0) is 9.84 Å². The summed E-state index contributed by atoms with van der Waals surface area (Å²) in [5, 5.41) is 9.39. The summed E-state index contributed by atoms with van der Waals surface area (Å²) >= 11 is 0. The maximum Gasteiger partial charge on any atom is 0.503 e. The highest BCUT2D eigenvalue weighted by atomic mass is 32.2. The summed E-state index contributed by atoms with van der Waals surface area (Å²) in [6.07, 6.45) is 0. The van der Waals surface area contributed by atoms with Gasteiger partial charge in [-0.3, -0.25) is 10.1 Å². The van der Waals surface area contributed by atoms with Crippen LogP contribution in [0.4, 0.5) is 13.2 Å². The van der Waals surface area contributed by atoms with Crippen molar-refractivity contribution in [1.29, 1.82) is 0 Å². The molecule has 0 rings (SSSR count). The van der Waals surface area contributed by atoms with Gasteiger partial charge in [-0.1, -0.05) is 0 Å². The monoisotopic (exact) mass is 193 g/mol. The highest BCUT2D eigenvalue weighted by molar-refractivity contribution is 7.92. The summed E-state index contributed by atoms with van der Waals surface area (Å²) in [7, 11) is -5.60. The second-order valence-electron chi connectivity index (χ2n) is 1.52. The van der Waals surface area contributed by atoms with Gasteiger partial charge < -0.3 is 0 Å². The summed E-state index contributed by atoms with van der Waals surface area (Å²) < 4.78 is 53.7. The third kappa shape index (κ3) is 2.70. The van der Waals surface area contributed by atoms with Crippen molar-refractivity contribution in [3.63, 3.8) is 0 Å². The topological polar surface area (TPSA) is 77.3 Å². The normalized spacial score (nSPS) is 13.0. The fraction of sp³-hybridized carbons (Fsp3) is 1.00. The molecule has 0 saturated carbocycles. The van der Waals surface area contributed by atoms with E-state index in [4.69, 9.17) is 0 Å². The average molecular weight is 193 g/mol. The van der Waals surface area contributed by atoms with Gasteiger partial charge in [-0.2, -0.15) is 13.2 Å². The van der Waals surface area contributed by atoms with Gasteiger partial charge in [0.05, 0.1) is 0 Å². The van der Waals surface area contributed by atoms with Crippen LogP contribution in [0.25, 0.3) is 0 Å². The van der Waals surface area contributed by atoms with Crippen LogP contribution in [0, 0.1) is 10.1 Å². The van der Waals surface area contributed by atoms with Crippen molar-refractivity contribution in [2.45, 2.75) is 5.51 Å². The first-order valence-electron chi connectivity index (χ1n) is 2.07. The Bertz CT molecular complexity index is 253. The summed E-state index contributed by atoms with van der Waals surface area (Å²) in [6, 6.07) is 0. The number of sulfone groups is 1. The van der Waals surface area contributed by atoms with Crippen molar-refractivity contribution in [3.05, 3.63) is 10.1 Å². The van der Waals surface area contributed by atoms with E-state index in [1.165, 1.54) is 0 Å². The van der Waals surface area contributed by atoms with Crippen LogP contribution in [0.15, 0.2) is 0 Å². The lowest BCUT2D eigenvalue weighted by Gasteiger charge is -2.01. The summed E-state index contributed by atoms with van der Waals surface area (Å²) in [5.41, 5.74) is -5.54.